The van der Waals surface area contributed by atoms with Crippen molar-refractivity contribution < 1.29 is 4.74 Å². The van der Waals surface area contributed by atoms with Gasteiger partial charge in [0.05, 0.1) is 31.1 Å². The largest absolute Gasteiger partial charge is 0.376 e. The molecule has 0 aromatic carbocycles. The Morgan fingerprint density at radius 1 is 1.27 bits per heavy atom. The van der Waals surface area contributed by atoms with E-state index in [0.717, 1.165) is 60.7 Å². The zero-order chi connectivity index (χ0) is 20.6. The van der Waals surface area contributed by atoms with Gasteiger partial charge in [0.1, 0.15) is 11.5 Å². The quantitative estimate of drug-likeness (QED) is 0.637. The number of nitrogens with one attached hydrogen (secondary N) is 1. The molecule has 0 bridgehead atoms. The van der Waals surface area contributed by atoms with Gasteiger partial charge in [0, 0.05) is 24.6 Å². The number of anilines is 1. The van der Waals surface area contributed by atoms with Crippen molar-refractivity contribution >= 4 is 5.82 Å². The number of pyridine rings is 2. The number of hydrogen-bond acceptors (Lipinski definition) is 6. The number of hydrogen-bond donors (Lipinski definition) is 1. The molecule has 0 radical (unpaired) electrons. The molecule has 0 spiro atoms. The van der Waals surface area contributed by atoms with Crippen LogP contribution in [0.4, 0.5) is 5.82 Å². The van der Waals surface area contributed by atoms with E-state index in [0.29, 0.717) is 6.54 Å². The minimum atomic E-state index is 0.226. The zero-order valence-corrected chi connectivity index (χ0v) is 17.2. The first-order valence-corrected chi connectivity index (χ1v) is 10.5. The highest BCUT2D eigenvalue weighted by molar-refractivity contribution is 5.59. The second-order valence-corrected chi connectivity index (χ2v) is 7.27. The fourth-order valence-corrected chi connectivity index (χ4v) is 3.48. The molecule has 4 rings (SSSR count). The molecule has 0 aliphatic carbocycles. The summed E-state index contributed by atoms with van der Waals surface area (Å²) in [7, 11) is 0. The van der Waals surface area contributed by atoms with Crippen molar-refractivity contribution in [3.8, 4) is 23.2 Å². The van der Waals surface area contributed by atoms with E-state index in [4.69, 9.17) is 4.74 Å². The Balaban J connectivity index is 1.42. The van der Waals surface area contributed by atoms with E-state index in [9.17, 15) is 0 Å². The molecule has 1 fully saturated rings. The van der Waals surface area contributed by atoms with E-state index in [2.05, 4.69) is 50.4 Å². The molecule has 0 unspecified atom stereocenters. The summed E-state index contributed by atoms with van der Waals surface area (Å²) < 4.78 is 7.67. The normalized spacial score (nSPS) is 16.0. The third-order valence-electron chi connectivity index (χ3n) is 5.05. The van der Waals surface area contributed by atoms with Crippen molar-refractivity contribution in [3.05, 3.63) is 54.0 Å². The van der Waals surface area contributed by atoms with Gasteiger partial charge in [-0.05, 0) is 49.4 Å². The number of ether oxygens (including phenoxy) is 1. The molecule has 3 aromatic heterocycles. The second kappa shape index (κ2) is 9.99. The molecule has 4 heterocycles. The van der Waals surface area contributed by atoms with Crippen LogP contribution in [0, 0.1) is 11.8 Å². The highest BCUT2D eigenvalue weighted by atomic mass is 16.5. The lowest BCUT2D eigenvalue weighted by Crippen LogP contribution is -2.24. The molecule has 154 valence electrons. The fraction of sp³-hybridized carbons (Fsp3) is 0.391. The molecule has 7 heteroatoms. The van der Waals surface area contributed by atoms with Gasteiger partial charge in [-0.2, -0.15) is 0 Å². The molecular formula is C23H26N6O. The van der Waals surface area contributed by atoms with Crippen molar-refractivity contribution in [2.24, 2.45) is 0 Å². The van der Waals surface area contributed by atoms with Crippen LogP contribution >= 0.6 is 0 Å². The van der Waals surface area contributed by atoms with Crippen LogP contribution in [-0.4, -0.2) is 44.2 Å². The molecule has 30 heavy (non-hydrogen) atoms. The van der Waals surface area contributed by atoms with Crippen LogP contribution in [-0.2, 0) is 17.7 Å². The highest BCUT2D eigenvalue weighted by Crippen LogP contribution is 2.21. The number of nitrogens with zero attached hydrogens (tertiary/aromatic N) is 5. The molecule has 7 nitrogen and oxygen atoms in total. The molecule has 0 amide bonds. The molecule has 1 saturated heterocycles. The lowest BCUT2D eigenvalue weighted by atomic mass is 10.1. The van der Waals surface area contributed by atoms with Gasteiger partial charge in [-0.25, -0.2) is 9.67 Å². The van der Waals surface area contributed by atoms with Crippen LogP contribution in [0.1, 0.15) is 37.3 Å². The van der Waals surface area contributed by atoms with Crippen LogP contribution in [0.25, 0.3) is 11.4 Å². The van der Waals surface area contributed by atoms with E-state index in [1.807, 2.05) is 29.1 Å². The molecular weight excluding hydrogens is 376 g/mol. The Kier molecular flexibility index (Phi) is 6.68. The predicted molar refractivity (Wildman–Crippen MR) is 116 cm³/mol. The monoisotopic (exact) mass is 402 g/mol. The predicted octanol–water partition coefficient (Wildman–Crippen LogP) is 3.33. The third-order valence-corrected chi connectivity index (χ3v) is 5.05. The molecule has 1 N–H and O–H groups in total. The first-order valence-electron chi connectivity index (χ1n) is 10.5. The Morgan fingerprint density at radius 3 is 3.03 bits per heavy atom. The van der Waals surface area contributed by atoms with Crippen molar-refractivity contribution in [1.29, 1.82) is 0 Å². The van der Waals surface area contributed by atoms with Gasteiger partial charge in [0.15, 0.2) is 0 Å². The topological polar surface area (TPSA) is 77.8 Å². The summed E-state index contributed by atoms with van der Waals surface area (Å²) >= 11 is 0. The maximum Gasteiger partial charge on any atom is 0.131 e. The summed E-state index contributed by atoms with van der Waals surface area (Å²) in [5.41, 5.74) is 3.66. The second-order valence-electron chi connectivity index (χ2n) is 7.27. The standard InChI is InChI=1S/C23H26N6O/c1-2-19-14-18(8-7-12-25-22-10-3-5-11-24-22)15-26-23(19)21-17-29(28-27-21)16-20-9-4-6-13-30-20/h3,5,10-11,14-15,17,20H,2,4,6,9,12-13,16H2,1H3,(H,24,25)/t20-/m1/s1. The maximum atomic E-state index is 5.80. The molecule has 3 aromatic rings. The van der Waals surface area contributed by atoms with Gasteiger partial charge in [-0.15, -0.1) is 5.10 Å². The van der Waals surface area contributed by atoms with Gasteiger partial charge in [0.2, 0.25) is 0 Å². The van der Waals surface area contributed by atoms with Gasteiger partial charge in [-0.1, -0.05) is 30.0 Å². The minimum Gasteiger partial charge on any atom is -0.376 e. The fourth-order valence-electron chi connectivity index (χ4n) is 3.48. The van der Waals surface area contributed by atoms with Crippen molar-refractivity contribution in [2.45, 2.75) is 45.3 Å². The van der Waals surface area contributed by atoms with Gasteiger partial charge < -0.3 is 10.1 Å². The Labute approximate surface area is 176 Å². The zero-order valence-electron chi connectivity index (χ0n) is 17.2. The summed E-state index contributed by atoms with van der Waals surface area (Å²) in [6.45, 7) is 4.22. The van der Waals surface area contributed by atoms with Gasteiger partial charge in [-0.3, -0.25) is 4.98 Å². The average Bonchev–Trinajstić information content (AvgIpc) is 3.26. The van der Waals surface area contributed by atoms with Crippen LogP contribution in [0.2, 0.25) is 0 Å². The van der Waals surface area contributed by atoms with Gasteiger partial charge in [0.25, 0.3) is 0 Å². The molecule has 1 aliphatic heterocycles. The van der Waals surface area contributed by atoms with E-state index in [-0.39, 0.29) is 6.10 Å². The molecule has 1 aliphatic rings. The summed E-state index contributed by atoms with van der Waals surface area (Å²) in [5.74, 6) is 7.11. The summed E-state index contributed by atoms with van der Waals surface area (Å²) in [6.07, 6.45) is 10.0. The number of rotatable bonds is 6. The molecule has 1 atom stereocenters. The molecule has 0 saturated carbocycles. The van der Waals surface area contributed by atoms with Crippen molar-refractivity contribution in [3.63, 3.8) is 0 Å². The lowest BCUT2D eigenvalue weighted by Gasteiger charge is -2.21. The van der Waals surface area contributed by atoms with Crippen LogP contribution in [0.3, 0.4) is 0 Å². The van der Waals surface area contributed by atoms with E-state index >= 15 is 0 Å². The first kappa shape index (κ1) is 20.0. The summed E-state index contributed by atoms with van der Waals surface area (Å²) in [4.78, 5) is 8.86. The number of aryl methyl sites for hydroxylation is 1. The van der Waals surface area contributed by atoms with Crippen LogP contribution in [0.15, 0.2) is 42.9 Å². The van der Waals surface area contributed by atoms with Crippen molar-refractivity contribution in [1.82, 2.24) is 25.0 Å². The van der Waals surface area contributed by atoms with Crippen molar-refractivity contribution in [2.75, 3.05) is 18.5 Å². The Bertz CT molecular complexity index is 1010. The third kappa shape index (κ3) is 5.22. The van der Waals surface area contributed by atoms with E-state index in [1.54, 1.807) is 12.4 Å². The minimum absolute atomic E-state index is 0.226. The maximum absolute atomic E-state index is 5.80. The van der Waals surface area contributed by atoms with Crippen LogP contribution < -0.4 is 5.32 Å². The smallest absolute Gasteiger partial charge is 0.131 e. The SMILES string of the molecule is CCc1cc(C#CCNc2ccccn2)cnc1-c1cn(C[C@H]2CCCCO2)nn1. The van der Waals surface area contributed by atoms with E-state index < -0.39 is 0 Å². The Hall–Kier alpha value is -3.24. The van der Waals surface area contributed by atoms with Gasteiger partial charge >= 0.3 is 0 Å². The van der Waals surface area contributed by atoms with Crippen LogP contribution in [0.5, 0.6) is 0 Å². The average molecular weight is 403 g/mol. The Morgan fingerprint density at radius 2 is 2.23 bits per heavy atom. The summed E-state index contributed by atoms with van der Waals surface area (Å²) in [6, 6.07) is 7.83. The lowest BCUT2D eigenvalue weighted by molar-refractivity contribution is 0.00370. The van der Waals surface area contributed by atoms with E-state index in [1.165, 1.54) is 6.42 Å². The number of aromatic nitrogens is 5. The highest BCUT2D eigenvalue weighted by Gasteiger charge is 2.16. The summed E-state index contributed by atoms with van der Waals surface area (Å²) in [5, 5.41) is 11.8. The first-order chi connectivity index (χ1) is 14.8.